The van der Waals surface area contributed by atoms with Crippen molar-refractivity contribution in [3.8, 4) is 5.75 Å². The molecule has 0 fully saturated rings. The van der Waals surface area contributed by atoms with E-state index in [1.807, 2.05) is 24.4 Å². The molecule has 0 aliphatic heterocycles. The topological polar surface area (TPSA) is 51.2 Å². The molecular formula is C18H13FN2O2S2. The Hall–Kier alpha value is -2.51. The number of carbonyl (C=O) groups is 1. The van der Waals surface area contributed by atoms with Gasteiger partial charge in [-0.15, -0.1) is 22.7 Å². The Morgan fingerprint density at radius 3 is 3.04 bits per heavy atom. The van der Waals surface area contributed by atoms with Crippen LogP contribution in [-0.4, -0.2) is 17.5 Å². The van der Waals surface area contributed by atoms with Gasteiger partial charge in [0, 0.05) is 17.1 Å². The second-order valence-electron chi connectivity index (χ2n) is 5.46. The number of amides is 1. The van der Waals surface area contributed by atoms with Gasteiger partial charge in [-0.1, -0.05) is 6.07 Å². The minimum atomic E-state index is -0.398. The summed E-state index contributed by atoms with van der Waals surface area (Å²) in [6, 6.07) is 9.65. The van der Waals surface area contributed by atoms with Crippen molar-refractivity contribution in [2.45, 2.75) is 6.92 Å². The van der Waals surface area contributed by atoms with E-state index in [-0.39, 0.29) is 12.5 Å². The van der Waals surface area contributed by atoms with Crippen molar-refractivity contribution in [2.75, 3.05) is 11.9 Å². The molecule has 2 heterocycles. The summed E-state index contributed by atoms with van der Waals surface area (Å²) in [5, 5.41) is 6.55. The zero-order valence-electron chi connectivity index (χ0n) is 13.2. The Labute approximate surface area is 150 Å². The molecule has 4 nitrogen and oxygen atoms in total. The van der Waals surface area contributed by atoms with E-state index in [1.54, 1.807) is 34.8 Å². The Balaban J connectivity index is 1.55. The minimum absolute atomic E-state index is 0.148. The first-order valence-electron chi connectivity index (χ1n) is 7.56. The molecule has 0 saturated heterocycles. The number of halogens is 1. The quantitative estimate of drug-likeness (QED) is 0.550. The number of nitrogens with zero attached hydrogens (tertiary/aromatic N) is 1. The van der Waals surface area contributed by atoms with Crippen LogP contribution in [0.3, 0.4) is 0 Å². The summed E-state index contributed by atoms with van der Waals surface area (Å²) in [5.41, 5.74) is 1.38. The second-order valence-corrected chi connectivity index (χ2v) is 7.62. The highest BCUT2D eigenvalue weighted by atomic mass is 32.1. The zero-order valence-corrected chi connectivity index (χ0v) is 14.8. The van der Waals surface area contributed by atoms with Crippen LogP contribution in [0.2, 0.25) is 0 Å². The summed E-state index contributed by atoms with van der Waals surface area (Å²) >= 11 is 3.20. The van der Waals surface area contributed by atoms with E-state index in [4.69, 9.17) is 4.74 Å². The van der Waals surface area contributed by atoms with Gasteiger partial charge in [0.25, 0.3) is 5.91 Å². The van der Waals surface area contributed by atoms with E-state index in [2.05, 4.69) is 10.3 Å². The van der Waals surface area contributed by atoms with Crippen LogP contribution in [0.15, 0.2) is 41.8 Å². The van der Waals surface area contributed by atoms with Crippen LogP contribution in [0.4, 0.5) is 10.1 Å². The first-order valence-corrected chi connectivity index (χ1v) is 9.25. The van der Waals surface area contributed by atoms with Gasteiger partial charge in [-0.25, -0.2) is 9.37 Å². The van der Waals surface area contributed by atoms with Gasteiger partial charge in [-0.2, -0.15) is 0 Å². The van der Waals surface area contributed by atoms with E-state index in [9.17, 15) is 9.18 Å². The van der Waals surface area contributed by atoms with Gasteiger partial charge in [0.05, 0.1) is 19.9 Å². The largest absolute Gasteiger partial charge is 0.483 e. The summed E-state index contributed by atoms with van der Waals surface area (Å²) in [6.07, 6.45) is 0. The van der Waals surface area contributed by atoms with Gasteiger partial charge in [0.1, 0.15) is 11.6 Å². The van der Waals surface area contributed by atoms with Crippen molar-refractivity contribution >= 4 is 54.6 Å². The third-order valence-electron chi connectivity index (χ3n) is 3.64. The maximum Gasteiger partial charge on any atom is 0.262 e. The fraction of sp³-hybridized carbons (Fsp3) is 0.111. The van der Waals surface area contributed by atoms with E-state index in [1.165, 1.54) is 12.1 Å². The van der Waals surface area contributed by atoms with Gasteiger partial charge < -0.3 is 10.1 Å². The smallest absolute Gasteiger partial charge is 0.262 e. The monoisotopic (exact) mass is 372 g/mol. The summed E-state index contributed by atoms with van der Waals surface area (Å²) in [6.45, 7) is 1.82. The number of anilines is 1. The molecule has 2 aromatic heterocycles. The summed E-state index contributed by atoms with van der Waals surface area (Å²) in [5.74, 6) is -0.0823. The van der Waals surface area contributed by atoms with Crippen molar-refractivity contribution < 1.29 is 13.9 Å². The summed E-state index contributed by atoms with van der Waals surface area (Å²) in [7, 11) is 0. The van der Waals surface area contributed by atoms with Crippen molar-refractivity contribution in [1.82, 2.24) is 4.98 Å². The van der Waals surface area contributed by atoms with Crippen molar-refractivity contribution in [1.29, 1.82) is 0 Å². The molecule has 25 heavy (non-hydrogen) atoms. The van der Waals surface area contributed by atoms with Crippen molar-refractivity contribution in [3.63, 3.8) is 0 Å². The van der Waals surface area contributed by atoms with E-state index in [0.29, 0.717) is 11.4 Å². The number of ether oxygens (including phenoxy) is 1. The van der Waals surface area contributed by atoms with Crippen LogP contribution in [0.1, 0.15) is 5.01 Å². The first kappa shape index (κ1) is 16.0. The maximum absolute atomic E-state index is 13.2. The van der Waals surface area contributed by atoms with Gasteiger partial charge in [0.2, 0.25) is 0 Å². The molecule has 1 amide bonds. The Morgan fingerprint density at radius 1 is 1.32 bits per heavy atom. The van der Waals surface area contributed by atoms with Crippen molar-refractivity contribution in [2.24, 2.45) is 0 Å². The molecule has 1 N–H and O–H groups in total. The number of benzene rings is 2. The van der Waals surface area contributed by atoms with Gasteiger partial charge in [-0.05, 0) is 36.6 Å². The standard InChI is InChI=1S/C18H13FN2O2S2/c1-10-20-17-15(25-10)8-14(13-5-6-24-18(13)17)23-9-16(22)21-12-4-2-3-11(19)7-12/h2-8H,9H2,1H3,(H,21,22). The molecule has 7 heteroatoms. The molecule has 0 unspecified atom stereocenters. The van der Waals surface area contributed by atoms with Crippen LogP contribution in [0.25, 0.3) is 20.3 Å². The predicted octanol–water partition coefficient (Wildman–Crippen LogP) is 4.98. The summed E-state index contributed by atoms with van der Waals surface area (Å²) in [4.78, 5) is 16.6. The van der Waals surface area contributed by atoms with Gasteiger partial charge >= 0.3 is 0 Å². The van der Waals surface area contributed by atoms with E-state index >= 15 is 0 Å². The molecule has 4 rings (SSSR count). The Morgan fingerprint density at radius 2 is 2.20 bits per heavy atom. The highest BCUT2D eigenvalue weighted by Gasteiger charge is 2.13. The number of aryl methyl sites for hydroxylation is 1. The molecule has 0 saturated carbocycles. The molecule has 4 aromatic rings. The minimum Gasteiger partial charge on any atom is -0.483 e. The number of hydrogen-bond acceptors (Lipinski definition) is 5. The third-order valence-corrected chi connectivity index (χ3v) is 5.47. The highest BCUT2D eigenvalue weighted by molar-refractivity contribution is 7.21. The number of hydrogen-bond donors (Lipinski definition) is 1. The lowest BCUT2D eigenvalue weighted by atomic mass is 10.2. The lowest BCUT2D eigenvalue weighted by molar-refractivity contribution is -0.118. The molecule has 0 bridgehead atoms. The number of thiazole rings is 1. The van der Waals surface area contributed by atoms with Crippen LogP contribution in [0, 0.1) is 12.7 Å². The van der Waals surface area contributed by atoms with Crippen molar-refractivity contribution in [3.05, 3.63) is 52.6 Å². The lowest BCUT2D eigenvalue weighted by Gasteiger charge is -2.09. The Bertz CT molecular complexity index is 1090. The lowest BCUT2D eigenvalue weighted by Crippen LogP contribution is -2.20. The SMILES string of the molecule is Cc1nc2c(cc(OCC(=O)Nc3cccc(F)c3)c3ccsc32)s1. The summed E-state index contributed by atoms with van der Waals surface area (Å²) < 4.78 is 21.0. The number of aromatic nitrogens is 1. The number of thiophene rings is 1. The molecular weight excluding hydrogens is 359 g/mol. The van der Waals surface area contributed by atoms with E-state index < -0.39 is 5.82 Å². The molecule has 0 atom stereocenters. The van der Waals surface area contributed by atoms with Gasteiger partial charge in [-0.3, -0.25) is 4.79 Å². The van der Waals surface area contributed by atoms with E-state index in [0.717, 1.165) is 25.3 Å². The second kappa shape index (κ2) is 6.42. The Kier molecular flexibility index (Phi) is 4.10. The van der Waals surface area contributed by atoms with Crippen LogP contribution >= 0.6 is 22.7 Å². The molecule has 2 aromatic carbocycles. The number of nitrogens with one attached hydrogen (secondary N) is 1. The third kappa shape index (κ3) is 3.20. The first-order chi connectivity index (χ1) is 12.1. The molecule has 0 aliphatic carbocycles. The normalized spacial score (nSPS) is 11.1. The fourth-order valence-corrected chi connectivity index (χ4v) is 4.45. The predicted molar refractivity (Wildman–Crippen MR) is 100 cm³/mol. The fourth-order valence-electron chi connectivity index (χ4n) is 2.61. The average molecular weight is 372 g/mol. The molecule has 0 spiro atoms. The molecule has 126 valence electrons. The van der Waals surface area contributed by atoms with Gasteiger partial charge in [0.15, 0.2) is 6.61 Å². The van der Waals surface area contributed by atoms with Crippen LogP contribution < -0.4 is 10.1 Å². The maximum atomic E-state index is 13.2. The highest BCUT2D eigenvalue weighted by Crippen LogP contribution is 2.38. The number of fused-ring (bicyclic) bond motifs is 3. The number of rotatable bonds is 4. The molecule has 0 aliphatic rings. The number of carbonyl (C=O) groups excluding carboxylic acids is 1. The average Bonchev–Trinajstić information content (AvgIpc) is 3.18. The molecule has 0 radical (unpaired) electrons. The zero-order chi connectivity index (χ0) is 17.4. The van der Waals surface area contributed by atoms with Crippen LogP contribution in [-0.2, 0) is 4.79 Å². The van der Waals surface area contributed by atoms with Crippen LogP contribution in [0.5, 0.6) is 5.75 Å².